The number of carbonyl (C=O) groups is 1. The fraction of sp³-hybridized carbons (Fsp3) is 0.200. The summed E-state index contributed by atoms with van der Waals surface area (Å²) in [5.74, 6) is 0.822. The number of nitrogens with one attached hydrogen (secondary N) is 1. The van der Waals surface area contributed by atoms with E-state index in [0.717, 1.165) is 46.6 Å². The van der Waals surface area contributed by atoms with E-state index in [4.69, 9.17) is 9.72 Å². The number of rotatable bonds is 6. The lowest BCUT2D eigenvalue weighted by molar-refractivity contribution is -0.118. The molecule has 164 valence electrons. The van der Waals surface area contributed by atoms with Gasteiger partial charge in [-0.1, -0.05) is 54.0 Å². The van der Waals surface area contributed by atoms with Gasteiger partial charge in [0.1, 0.15) is 10.8 Å². The molecule has 0 saturated heterocycles. The Morgan fingerprint density at radius 3 is 2.66 bits per heavy atom. The summed E-state index contributed by atoms with van der Waals surface area (Å²) in [4.78, 5) is 17.6. The molecule has 0 radical (unpaired) electrons. The van der Waals surface area contributed by atoms with Gasteiger partial charge in [-0.25, -0.2) is 4.98 Å². The molecule has 1 aromatic heterocycles. The van der Waals surface area contributed by atoms with Gasteiger partial charge in [-0.3, -0.25) is 4.79 Å². The standard InChI is InChI=1S/C25H22Br2N2O2S/c1-14(2)17-9-8-15(3)10-21(17)31-13-23(30)29-24-18(11-16(26)12-19(24)27)25-28-20-6-4-5-7-22(20)32-25/h4-12,14H,13H2,1-3H3,(H,29,30). The van der Waals surface area contributed by atoms with E-state index in [1.807, 2.05) is 49.4 Å². The van der Waals surface area contributed by atoms with Crippen LogP contribution in [0.15, 0.2) is 63.5 Å². The third-order valence-corrected chi connectivity index (χ3v) is 7.15. The Bertz CT molecular complexity index is 1270. The highest BCUT2D eigenvalue weighted by Crippen LogP contribution is 2.40. The molecule has 4 rings (SSSR count). The van der Waals surface area contributed by atoms with Crippen molar-refractivity contribution in [3.05, 3.63) is 74.7 Å². The zero-order chi connectivity index (χ0) is 22.8. The lowest BCUT2D eigenvalue weighted by Crippen LogP contribution is -2.21. The van der Waals surface area contributed by atoms with Gasteiger partial charge >= 0.3 is 0 Å². The summed E-state index contributed by atoms with van der Waals surface area (Å²) < 4.78 is 8.69. The molecule has 1 N–H and O–H groups in total. The monoisotopic (exact) mass is 572 g/mol. The van der Waals surface area contributed by atoms with Gasteiger partial charge in [0, 0.05) is 14.5 Å². The molecular formula is C25H22Br2N2O2S. The van der Waals surface area contributed by atoms with E-state index in [2.05, 4.69) is 63.2 Å². The van der Waals surface area contributed by atoms with E-state index in [-0.39, 0.29) is 12.5 Å². The highest BCUT2D eigenvalue weighted by molar-refractivity contribution is 9.11. The molecule has 0 atom stereocenters. The van der Waals surface area contributed by atoms with Crippen molar-refractivity contribution in [3.63, 3.8) is 0 Å². The summed E-state index contributed by atoms with van der Waals surface area (Å²) in [6.45, 7) is 6.16. The minimum atomic E-state index is -0.230. The summed E-state index contributed by atoms with van der Waals surface area (Å²) in [5.41, 5.74) is 4.64. The zero-order valence-electron chi connectivity index (χ0n) is 17.9. The number of hydrogen-bond acceptors (Lipinski definition) is 4. The van der Waals surface area contributed by atoms with Gasteiger partial charge in [0.15, 0.2) is 6.61 Å². The van der Waals surface area contributed by atoms with Crippen molar-refractivity contribution in [3.8, 4) is 16.3 Å². The minimum absolute atomic E-state index is 0.0784. The van der Waals surface area contributed by atoms with E-state index < -0.39 is 0 Å². The van der Waals surface area contributed by atoms with E-state index in [1.54, 1.807) is 11.3 Å². The number of halogens is 2. The number of thiazole rings is 1. The second-order valence-corrected chi connectivity index (χ2v) is 10.6. The van der Waals surface area contributed by atoms with E-state index in [1.165, 1.54) is 0 Å². The first-order valence-corrected chi connectivity index (χ1v) is 12.6. The first kappa shape index (κ1) is 23.0. The second-order valence-electron chi connectivity index (χ2n) is 7.83. The Balaban J connectivity index is 1.59. The molecule has 4 aromatic rings. The number of amides is 1. The quantitative estimate of drug-likeness (QED) is 0.255. The molecule has 0 aliphatic carbocycles. The molecule has 32 heavy (non-hydrogen) atoms. The van der Waals surface area contributed by atoms with Crippen LogP contribution in [-0.2, 0) is 4.79 Å². The molecule has 4 nitrogen and oxygen atoms in total. The summed E-state index contributed by atoms with van der Waals surface area (Å²) in [5, 5.41) is 3.86. The first-order chi connectivity index (χ1) is 15.3. The SMILES string of the molecule is Cc1ccc(C(C)C)c(OCC(=O)Nc2c(Br)cc(Br)cc2-c2nc3ccccc3s2)c1. The average Bonchev–Trinajstić information content (AvgIpc) is 3.18. The van der Waals surface area contributed by atoms with Crippen molar-refractivity contribution in [2.45, 2.75) is 26.7 Å². The smallest absolute Gasteiger partial charge is 0.262 e. The van der Waals surface area contributed by atoms with Crippen LogP contribution in [0.2, 0.25) is 0 Å². The molecule has 0 aliphatic heterocycles. The van der Waals surface area contributed by atoms with Gasteiger partial charge < -0.3 is 10.1 Å². The maximum atomic E-state index is 12.9. The second kappa shape index (κ2) is 9.73. The lowest BCUT2D eigenvalue weighted by atomic mass is 10.0. The van der Waals surface area contributed by atoms with Crippen LogP contribution in [0.3, 0.4) is 0 Å². The predicted molar refractivity (Wildman–Crippen MR) is 140 cm³/mol. The Labute approximate surface area is 208 Å². The van der Waals surface area contributed by atoms with Gasteiger partial charge in [-0.05, 0) is 70.2 Å². The van der Waals surface area contributed by atoms with Crippen molar-refractivity contribution in [1.29, 1.82) is 0 Å². The number of aryl methyl sites for hydroxylation is 1. The molecule has 0 aliphatic rings. The molecule has 1 amide bonds. The maximum Gasteiger partial charge on any atom is 0.262 e. The highest BCUT2D eigenvalue weighted by Gasteiger charge is 2.18. The maximum absolute atomic E-state index is 12.9. The summed E-state index contributed by atoms with van der Waals surface area (Å²) in [6, 6.07) is 18.0. The molecular weight excluding hydrogens is 552 g/mol. The predicted octanol–water partition coefficient (Wildman–Crippen LogP) is 7.94. The van der Waals surface area contributed by atoms with E-state index in [0.29, 0.717) is 11.6 Å². The number of para-hydroxylation sites is 1. The molecule has 1 heterocycles. The average molecular weight is 574 g/mol. The van der Waals surface area contributed by atoms with Crippen molar-refractivity contribution in [1.82, 2.24) is 4.98 Å². The van der Waals surface area contributed by atoms with Crippen LogP contribution < -0.4 is 10.1 Å². The van der Waals surface area contributed by atoms with E-state index >= 15 is 0 Å². The number of anilines is 1. The third kappa shape index (κ3) is 5.05. The number of ether oxygens (including phenoxy) is 1. The van der Waals surface area contributed by atoms with E-state index in [9.17, 15) is 4.79 Å². The summed E-state index contributed by atoms with van der Waals surface area (Å²) >= 11 is 8.74. The van der Waals surface area contributed by atoms with Crippen LogP contribution in [0, 0.1) is 6.92 Å². The van der Waals surface area contributed by atoms with Crippen LogP contribution in [0.5, 0.6) is 5.75 Å². The van der Waals surface area contributed by atoms with Gasteiger partial charge in [0.05, 0.1) is 15.9 Å². The Hall–Kier alpha value is -2.22. The van der Waals surface area contributed by atoms with Crippen molar-refractivity contribution in [2.24, 2.45) is 0 Å². The Kier molecular flexibility index (Phi) is 6.98. The van der Waals surface area contributed by atoms with Crippen molar-refractivity contribution in [2.75, 3.05) is 11.9 Å². The number of fused-ring (bicyclic) bond motifs is 1. The van der Waals surface area contributed by atoms with Crippen LogP contribution >= 0.6 is 43.2 Å². The highest BCUT2D eigenvalue weighted by atomic mass is 79.9. The van der Waals surface area contributed by atoms with Gasteiger partial charge in [0.25, 0.3) is 5.91 Å². The molecule has 0 spiro atoms. The first-order valence-electron chi connectivity index (χ1n) is 10.2. The molecule has 7 heteroatoms. The van der Waals surface area contributed by atoms with Crippen molar-refractivity contribution < 1.29 is 9.53 Å². The molecule has 0 bridgehead atoms. The molecule has 3 aromatic carbocycles. The number of carbonyl (C=O) groups excluding carboxylic acids is 1. The normalized spacial score (nSPS) is 11.2. The number of aromatic nitrogens is 1. The molecule has 0 saturated carbocycles. The van der Waals surface area contributed by atoms with Crippen LogP contribution in [-0.4, -0.2) is 17.5 Å². The number of hydrogen-bond donors (Lipinski definition) is 1. The van der Waals surface area contributed by atoms with Crippen LogP contribution in [0.1, 0.15) is 30.9 Å². The largest absolute Gasteiger partial charge is 0.483 e. The summed E-state index contributed by atoms with van der Waals surface area (Å²) in [7, 11) is 0. The molecule has 0 fully saturated rings. The number of benzene rings is 3. The van der Waals surface area contributed by atoms with Crippen LogP contribution in [0.25, 0.3) is 20.8 Å². The van der Waals surface area contributed by atoms with Gasteiger partial charge in [-0.15, -0.1) is 11.3 Å². The van der Waals surface area contributed by atoms with Crippen LogP contribution in [0.4, 0.5) is 5.69 Å². The Morgan fingerprint density at radius 1 is 1.12 bits per heavy atom. The fourth-order valence-corrected chi connectivity index (χ4v) is 5.73. The summed E-state index contributed by atoms with van der Waals surface area (Å²) in [6.07, 6.45) is 0. The Morgan fingerprint density at radius 2 is 1.91 bits per heavy atom. The van der Waals surface area contributed by atoms with Gasteiger partial charge in [0.2, 0.25) is 0 Å². The van der Waals surface area contributed by atoms with Gasteiger partial charge in [-0.2, -0.15) is 0 Å². The zero-order valence-corrected chi connectivity index (χ0v) is 21.9. The third-order valence-electron chi connectivity index (χ3n) is 4.99. The number of nitrogens with zero attached hydrogens (tertiary/aromatic N) is 1. The van der Waals surface area contributed by atoms with Crippen molar-refractivity contribution >= 4 is 65.0 Å². The lowest BCUT2D eigenvalue weighted by Gasteiger charge is -2.16. The minimum Gasteiger partial charge on any atom is -0.483 e. The topological polar surface area (TPSA) is 51.2 Å². The fourth-order valence-electron chi connectivity index (χ4n) is 3.42. The molecule has 0 unspecified atom stereocenters.